The molecule has 0 bridgehead atoms. The summed E-state index contributed by atoms with van der Waals surface area (Å²) in [6.45, 7) is 14.1. The summed E-state index contributed by atoms with van der Waals surface area (Å²) in [5, 5.41) is 9.46. The summed E-state index contributed by atoms with van der Waals surface area (Å²) in [5.74, 6) is 0.0863. The molecule has 1 fully saturated rings. The minimum absolute atomic E-state index is 0.0595. The third-order valence-electron chi connectivity index (χ3n) is 4.39. The van der Waals surface area contributed by atoms with Crippen molar-refractivity contribution in [3.63, 3.8) is 0 Å². The van der Waals surface area contributed by atoms with Crippen LogP contribution in [0.25, 0.3) is 0 Å². The van der Waals surface area contributed by atoms with E-state index >= 15 is 0 Å². The van der Waals surface area contributed by atoms with Crippen LogP contribution in [0, 0.1) is 22.2 Å². The van der Waals surface area contributed by atoms with E-state index in [-0.39, 0.29) is 28.8 Å². The quantitative estimate of drug-likeness (QED) is 0.492. The van der Waals surface area contributed by atoms with Gasteiger partial charge in [0.05, 0.1) is 12.7 Å². The Bertz CT molecular complexity index is 340. The van der Waals surface area contributed by atoms with Gasteiger partial charge in [-0.05, 0) is 41.9 Å². The molecule has 21 heavy (non-hydrogen) atoms. The second-order valence-corrected chi connectivity index (χ2v) is 9.29. The molecule has 1 saturated heterocycles. The predicted octanol–water partition coefficient (Wildman–Crippen LogP) is 3.83. The molecule has 0 aromatic carbocycles. The minimum Gasteiger partial charge on any atom is -0.396 e. The van der Waals surface area contributed by atoms with Gasteiger partial charge < -0.3 is 14.6 Å². The van der Waals surface area contributed by atoms with Gasteiger partial charge in [0.1, 0.15) is 6.29 Å². The average molecular weight is 298 g/mol. The topological polar surface area (TPSA) is 49.8 Å². The SMILES string of the molecule is CC(C)(CC(C=O)CC(C)(C)CC(C)(C)CO)CC1CO1. The van der Waals surface area contributed by atoms with E-state index in [4.69, 9.17) is 4.74 Å². The predicted molar refractivity (Wildman–Crippen MR) is 86.2 cm³/mol. The van der Waals surface area contributed by atoms with Crippen LogP contribution in [0.15, 0.2) is 0 Å². The van der Waals surface area contributed by atoms with E-state index in [1.54, 1.807) is 0 Å². The highest BCUT2D eigenvalue weighted by Gasteiger charge is 2.35. The molecule has 0 radical (unpaired) electrons. The summed E-state index contributed by atoms with van der Waals surface area (Å²) in [4.78, 5) is 11.5. The van der Waals surface area contributed by atoms with Gasteiger partial charge in [0.15, 0.2) is 0 Å². The number of aliphatic hydroxyl groups is 1. The van der Waals surface area contributed by atoms with Crippen molar-refractivity contribution in [2.24, 2.45) is 22.2 Å². The zero-order chi connectivity index (χ0) is 16.3. The smallest absolute Gasteiger partial charge is 0.123 e. The highest BCUT2D eigenvalue weighted by atomic mass is 16.6. The van der Waals surface area contributed by atoms with E-state index in [9.17, 15) is 9.90 Å². The zero-order valence-corrected chi connectivity index (χ0v) is 14.7. The fourth-order valence-electron chi connectivity index (χ4n) is 3.90. The number of epoxide rings is 1. The van der Waals surface area contributed by atoms with Gasteiger partial charge in [-0.3, -0.25) is 0 Å². The molecular formula is C18H34O3. The Balaban J connectivity index is 2.56. The van der Waals surface area contributed by atoms with E-state index in [2.05, 4.69) is 41.5 Å². The van der Waals surface area contributed by atoms with Crippen molar-refractivity contribution in [3.8, 4) is 0 Å². The Morgan fingerprint density at radius 3 is 2.05 bits per heavy atom. The fraction of sp³-hybridized carbons (Fsp3) is 0.944. The number of hydrogen-bond acceptors (Lipinski definition) is 3. The number of carbonyl (C=O) groups is 1. The van der Waals surface area contributed by atoms with Crippen LogP contribution in [0.5, 0.6) is 0 Å². The Labute approximate surface area is 130 Å². The molecule has 2 atom stereocenters. The molecule has 1 heterocycles. The van der Waals surface area contributed by atoms with E-state index in [0.29, 0.717) is 6.10 Å². The molecule has 0 aliphatic carbocycles. The maximum atomic E-state index is 11.5. The van der Waals surface area contributed by atoms with Gasteiger partial charge in [0, 0.05) is 12.5 Å². The first kappa shape index (κ1) is 18.6. The number of carbonyl (C=O) groups excluding carboxylic acids is 1. The molecule has 3 heteroatoms. The Hall–Kier alpha value is -0.410. The average Bonchev–Trinajstić information content (AvgIpc) is 3.09. The van der Waals surface area contributed by atoms with Crippen LogP contribution in [0.3, 0.4) is 0 Å². The van der Waals surface area contributed by atoms with Crippen LogP contribution in [0.2, 0.25) is 0 Å². The summed E-state index contributed by atoms with van der Waals surface area (Å²) in [5.41, 5.74) is 0.119. The number of ether oxygens (including phenoxy) is 1. The lowest BCUT2D eigenvalue weighted by molar-refractivity contribution is -0.113. The van der Waals surface area contributed by atoms with Crippen LogP contribution < -0.4 is 0 Å². The summed E-state index contributed by atoms with van der Waals surface area (Å²) < 4.78 is 5.32. The van der Waals surface area contributed by atoms with Gasteiger partial charge in [-0.2, -0.15) is 0 Å². The van der Waals surface area contributed by atoms with E-state index in [1.807, 2.05) is 0 Å². The van der Waals surface area contributed by atoms with Gasteiger partial charge in [0.25, 0.3) is 0 Å². The van der Waals surface area contributed by atoms with E-state index in [1.165, 1.54) is 0 Å². The van der Waals surface area contributed by atoms with Crippen LogP contribution in [-0.4, -0.2) is 30.7 Å². The van der Waals surface area contributed by atoms with Crippen molar-refractivity contribution in [3.05, 3.63) is 0 Å². The summed E-state index contributed by atoms with van der Waals surface area (Å²) in [7, 11) is 0. The molecule has 0 aromatic heterocycles. The lowest BCUT2D eigenvalue weighted by Crippen LogP contribution is -2.30. The van der Waals surface area contributed by atoms with Crippen LogP contribution in [0.1, 0.15) is 67.2 Å². The van der Waals surface area contributed by atoms with Crippen LogP contribution in [0.4, 0.5) is 0 Å². The molecule has 0 spiro atoms. The van der Waals surface area contributed by atoms with E-state index < -0.39 is 0 Å². The molecule has 124 valence electrons. The fourth-order valence-corrected chi connectivity index (χ4v) is 3.90. The lowest BCUT2D eigenvalue weighted by atomic mass is 9.69. The van der Waals surface area contributed by atoms with Crippen molar-refractivity contribution < 1.29 is 14.6 Å². The Morgan fingerprint density at radius 1 is 1.10 bits per heavy atom. The highest BCUT2D eigenvalue weighted by Crippen LogP contribution is 2.41. The second kappa shape index (κ2) is 6.78. The number of rotatable bonds is 10. The molecule has 0 amide bonds. The Kier molecular flexibility index (Phi) is 6.02. The Morgan fingerprint density at radius 2 is 1.62 bits per heavy atom. The summed E-state index contributed by atoms with van der Waals surface area (Å²) in [6, 6.07) is 0. The third-order valence-corrected chi connectivity index (χ3v) is 4.39. The minimum atomic E-state index is -0.0890. The first-order chi connectivity index (χ1) is 9.49. The lowest BCUT2D eigenvalue weighted by Gasteiger charge is -2.37. The number of aldehydes is 1. The number of aliphatic hydroxyl groups excluding tert-OH is 1. The molecule has 1 rings (SSSR count). The van der Waals surface area contributed by atoms with E-state index in [0.717, 1.165) is 38.6 Å². The molecular weight excluding hydrogens is 264 g/mol. The van der Waals surface area contributed by atoms with Crippen LogP contribution >= 0.6 is 0 Å². The van der Waals surface area contributed by atoms with Gasteiger partial charge in [-0.1, -0.05) is 41.5 Å². The molecule has 2 unspecified atom stereocenters. The standard InChI is InChI=1S/C18H34O3/c1-16(2,9-15-11-21-15)7-14(10-19)8-17(3,4)12-18(5,6)13-20/h10,14-15,20H,7-9,11-13H2,1-6H3. The molecule has 1 aliphatic rings. The third kappa shape index (κ3) is 7.42. The second-order valence-electron chi connectivity index (χ2n) is 9.29. The van der Waals surface area contributed by atoms with Crippen molar-refractivity contribution in [2.45, 2.75) is 73.3 Å². The molecule has 3 nitrogen and oxygen atoms in total. The molecule has 0 saturated carbocycles. The number of hydrogen-bond donors (Lipinski definition) is 1. The first-order valence-corrected chi connectivity index (χ1v) is 8.16. The normalized spacial score (nSPS) is 21.2. The zero-order valence-electron chi connectivity index (χ0n) is 14.7. The molecule has 0 aromatic rings. The highest BCUT2D eigenvalue weighted by molar-refractivity contribution is 5.53. The molecule has 1 aliphatic heterocycles. The maximum Gasteiger partial charge on any atom is 0.123 e. The maximum absolute atomic E-state index is 11.5. The van der Waals surface area contributed by atoms with Crippen molar-refractivity contribution in [1.82, 2.24) is 0 Å². The van der Waals surface area contributed by atoms with Gasteiger partial charge >= 0.3 is 0 Å². The van der Waals surface area contributed by atoms with Crippen molar-refractivity contribution in [2.75, 3.05) is 13.2 Å². The summed E-state index contributed by atoms with van der Waals surface area (Å²) >= 11 is 0. The summed E-state index contributed by atoms with van der Waals surface area (Å²) in [6.07, 6.45) is 5.30. The van der Waals surface area contributed by atoms with Crippen LogP contribution in [-0.2, 0) is 9.53 Å². The monoisotopic (exact) mass is 298 g/mol. The first-order valence-electron chi connectivity index (χ1n) is 8.16. The van der Waals surface area contributed by atoms with Gasteiger partial charge in [-0.25, -0.2) is 0 Å². The van der Waals surface area contributed by atoms with Gasteiger partial charge in [0.2, 0.25) is 0 Å². The van der Waals surface area contributed by atoms with Crippen molar-refractivity contribution >= 4 is 6.29 Å². The van der Waals surface area contributed by atoms with Gasteiger partial charge in [-0.15, -0.1) is 0 Å². The largest absolute Gasteiger partial charge is 0.396 e. The van der Waals surface area contributed by atoms with Crippen molar-refractivity contribution in [1.29, 1.82) is 0 Å². The molecule has 1 N–H and O–H groups in total.